The van der Waals surface area contributed by atoms with Crippen LogP contribution in [0.2, 0.25) is 5.15 Å². The summed E-state index contributed by atoms with van der Waals surface area (Å²) in [7, 11) is 0. The fourth-order valence-corrected chi connectivity index (χ4v) is 3.08. The molecule has 0 aliphatic heterocycles. The number of hydrogen-bond acceptors (Lipinski definition) is 5. The van der Waals surface area contributed by atoms with Gasteiger partial charge in [-0.2, -0.15) is 10.2 Å². The Balaban J connectivity index is 1.66. The van der Waals surface area contributed by atoms with Crippen molar-refractivity contribution in [1.82, 2.24) is 29.9 Å². The second kappa shape index (κ2) is 7.25. The van der Waals surface area contributed by atoms with Crippen molar-refractivity contribution in [3.8, 4) is 11.4 Å². The first-order chi connectivity index (χ1) is 13.8. The third-order valence-electron chi connectivity index (χ3n) is 4.18. The van der Waals surface area contributed by atoms with E-state index in [4.69, 9.17) is 11.6 Å². The molecule has 0 aromatic carbocycles. The highest BCUT2D eigenvalue weighted by molar-refractivity contribution is 6.29. The normalized spacial score (nSPS) is 11.7. The van der Waals surface area contributed by atoms with Crippen molar-refractivity contribution >= 4 is 34.1 Å². The Morgan fingerprint density at radius 2 is 2.10 bits per heavy atom. The number of halogens is 2. The molecule has 0 radical (unpaired) electrons. The number of carbonyl (C=O) groups excluding carboxylic acids is 1. The van der Waals surface area contributed by atoms with Gasteiger partial charge >= 0.3 is 0 Å². The van der Waals surface area contributed by atoms with E-state index in [9.17, 15) is 9.18 Å². The third kappa shape index (κ3) is 4.09. The number of fused-ring (bicyclic) bond motifs is 1. The Bertz CT molecular complexity index is 1190. The second-order valence-electron chi connectivity index (χ2n) is 7.13. The Labute approximate surface area is 170 Å². The van der Waals surface area contributed by atoms with Crippen molar-refractivity contribution in [1.29, 1.82) is 0 Å². The average molecular weight is 414 g/mol. The first-order valence-corrected chi connectivity index (χ1v) is 9.15. The minimum absolute atomic E-state index is 0.106. The van der Waals surface area contributed by atoms with Crippen LogP contribution in [0.5, 0.6) is 0 Å². The Kier molecular flexibility index (Phi) is 4.75. The summed E-state index contributed by atoms with van der Waals surface area (Å²) in [6.07, 6.45) is 6.23. The fraction of sp³-hybridized carbons (Fsp3) is 0.211. The van der Waals surface area contributed by atoms with Crippen molar-refractivity contribution in [3.05, 3.63) is 53.7 Å². The molecule has 2 N–H and O–H groups in total. The maximum absolute atomic E-state index is 14.1. The Morgan fingerprint density at radius 1 is 1.28 bits per heavy atom. The number of nitrogens with one attached hydrogen (secondary N) is 2. The number of hydrogen-bond donors (Lipinski definition) is 2. The Hall–Kier alpha value is -3.33. The summed E-state index contributed by atoms with van der Waals surface area (Å²) in [6.45, 7) is 3.10. The summed E-state index contributed by atoms with van der Waals surface area (Å²) in [5.41, 5.74) is 1.19. The highest BCUT2D eigenvalue weighted by atomic mass is 35.5. The van der Waals surface area contributed by atoms with E-state index in [2.05, 4.69) is 30.6 Å². The van der Waals surface area contributed by atoms with Gasteiger partial charge in [0.05, 0.1) is 35.8 Å². The molecule has 0 atom stereocenters. The molecular weight excluding hydrogens is 397 g/mol. The average Bonchev–Trinajstić information content (AvgIpc) is 3.27. The van der Waals surface area contributed by atoms with E-state index < -0.39 is 5.67 Å². The predicted molar refractivity (Wildman–Crippen MR) is 107 cm³/mol. The number of anilines is 1. The fourth-order valence-electron chi connectivity index (χ4n) is 2.91. The number of amides is 1. The number of aromatic amines is 1. The molecule has 0 unspecified atom stereocenters. The monoisotopic (exact) mass is 413 g/mol. The molecule has 4 heterocycles. The van der Waals surface area contributed by atoms with Crippen molar-refractivity contribution in [3.63, 3.8) is 0 Å². The minimum atomic E-state index is -1.42. The number of nitrogens with zero attached hydrogens (tertiary/aromatic N) is 5. The molecule has 148 valence electrons. The molecule has 8 nitrogen and oxygen atoms in total. The molecule has 4 rings (SSSR count). The van der Waals surface area contributed by atoms with Crippen molar-refractivity contribution in [2.45, 2.75) is 26.1 Å². The van der Waals surface area contributed by atoms with Crippen LogP contribution in [0.3, 0.4) is 0 Å². The molecular formula is C19H17ClFN7O. The lowest BCUT2D eigenvalue weighted by Gasteiger charge is -2.14. The minimum Gasteiger partial charge on any atom is -0.319 e. The zero-order valence-corrected chi connectivity index (χ0v) is 16.4. The number of carbonyl (C=O) groups is 1. The van der Waals surface area contributed by atoms with Gasteiger partial charge < -0.3 is 5.32 Å². The molecule has 0 bridgehead atoms. The SMILES string of the molecule is CC(C)(F)Cn1ncc2cnc(-c3[nH]ncc3NC(=O)c3ccnc(Cl)c3)cc21. The molecule has 4 aromatic heterocycles. The summed E-state index contributed by atoms with van der Waals surface area (Å²) in [6, 6.07) is 4.81. The van der Waals surface area contributed by atoms with E-state index in [-0.39, 0.29) is 17.6 Å². The maximum Gasteiger partial charge on any atom is 0.255 e. The van der Waals surface area contributed by atoms with Crippen LogP contribution in [0.4, 0.5) is 10.1 Å². The quantitative estimate of drug-likeness (QED) is 0.483. The maximum atomic E-state index is 14.1. The molecule has 0 aliphatic carbocycles. The number of H-pyrrole nitrogens is 1. The smallest absolute Gasteiger partial charge is 0.255 e. The summed E-state index contributed by atoms with van der Waals surface area (Å²) in [5, 5.41) is 14.9. The van der Waals surface area contributed by atoms with Crippen molar-refractivity contribution < 1.29 is 9.18 Å². The van der Waals surface area contributed by atoms with Gasteiger partial charge in [0.1, 0.15) is 16.5 Å². The van der Waals surface area contributed by atoms with Crippen LogP contribution in [0, 0.1) is 0 Å². The van der Waals surface area contributed by atoms with Crippen LogP contribution < -0.4 is 5.32 Å². The number of pyridine rings is 2. The molecule has 0 spiro atoms. The molecule has 10 heteroatoms. The lowest BCUT2D eigenvalue weighted by atomic mass is 10.1. The van der Waals surface area contributed by atoms with Gasteiger partial charge in [-0.3, -0.25) is 19.6 Å². The van der Waals surface area contributed by atoms with Crippen LogP contribution in [0.25, 0.3) is 22.3 Å². The summed E-state index contributed by atoms with van der Waals surface area (Å²) >= 11 is 5.85. The third-order valence-corrected chi connectivity index (χ3v) is 4.39. The van der Waals surface area contributed by atoms with Crippen molar-refractivity contribution in [2.24, 2.45) is 0 Å². The molecule has 0 saturated heterocycles. The van der Waals surface area contributed by atoms with E-state index >= 15 is 0 Å². The number of rotatable bonds is 5. The van der Waals surface area contributed by atoms with Gasteiger partial charge in [-0.05, 0) is 32.0 Å². The number of alkyl halides is 1. The zero-order valence-electron chi connectivity index (χ0n) is 15.6. The van der Waals surface area contributed by atoms with Gasteiger partial charge in [0.15, 0.2) is 0 Å². The van der Waals surface area contributed by atoms with Gasteiger partial charge in [-0.15, -0.1) is 0 Å². The molecule has 29 heavy (non-hydrogen) atoms. The number of aromatic nitrogens is 6. The zero-order chi connectivity index (χ0) is 20.6. The largest absolute Gasteiger partial charge is 0.319 e. The second-order valence-corrected chi connectivity index (χ2v) is 7.52. The highest BCUT2D eigenvalue weighted by Crippen LogP contribution is 2.27. The van der Waals surface area contributed by atoms with Gasteiger partial charge in [-0.25, -0.2) is 9.37 Å². The lowest BCUT2D eigenvalue weighted by molar-refractivity contribution is 0.102. The molecule has 0 fully saturated rings. The summed E-state index contributed by atoms with van der Waals surface area (Å²) < 4.78 is 15.7. The standard InChI is InChI=1S/C19H17ClFN7O/c1-19(2,21)10-28-15-6-13(23-7-12(15)8-25-28)17-14(9-24-27-17)26-18(29)11-3-4-22-16(20)5-11/h3-9H,10H2,1-2H3,(H,24,27)(H,26,29). The van der Waals surface area contributed by atoms with Crippen molar-refractivity contribution in [2.75, 3.05) is 5.32 Å². The highest BCUT2D eigenvalue weighted by Gasteiger charge is 2.20. The van der Waals surface area contributed by atoms with Gasteiger partial charge in [0.2, 0.25) is 0 Å². The van der Waals surface area contributed by atoms with E-state index in [1.54, 1.807) is 29.2 Å². The molecule has 1 amide bonds. The topological polar surface area (TPSA) is 101 Å². The van der Waals surface area contributed by atoms with Gasteiger partial charge in [-0.1, -0.05) is 11.6 Å². The molecule has 4 aromatic rings. The molecule has 0 aliphatic rings. The van der Waals surface area contributed by atoms with E-state index in [0.717, 1.165) is 10.9 Å². The first kappa shape index (κ1) is 19.0. The van der Waals surface area contributed by atoms with E-state index in [1.807, 2.05) is 0 Å². The van der Waals surface area contributed by atoms with Crippen LogP contribution in [0.1, 0.15) is 24.2 Å². The van der Waals surface area contributed by atoms with Gasteiger partial charge in [0.25, 0.3) is 5.91 Å². The summed E-state index contributed by atoms with van der Waals surface area (Å²) in [5.74, 6) is -0.359. The van der Waals surface area contributed by atoms with E-state index in [0.29, 0.717) is 22.6 Å². The van der Waals surface area contributed by atoms with Crippen LogP contribution in [0.15, 0.2) is 43.0 Å². The van der Waals surface area contributed by atoms with Crippen LogP contribution in [-0.4, -0.2) is 41.5 Å². The van der Waals surface area contributed by atoms with E-state index in [1.165, 1.54) is 32.3 Å². The first-order valence-electron chi connectivity index (χ1n) is 8.77. The van der Waals surface area contributed by atoms with Gasteiger partial charge in [0, 0.05) is 23.3 Å². The molecule has 0 saturated carbocycles. The predicted octanol–water partition coefficient (Wildman–Crippen LogP) is 3.87. The van der Waals surface area contributed by atoms with Crippen LogP contribution >= 0.6 is 11.6 Å². The summed E-state index contributed by atoms with van der Waals surface area (Å²) in [4.78, 5) is 20.8. The lowest BCUT2D eigenvalue weighted by Crippen LogP contribution is -2.21. The van der Waals surface area contributed by atoms with Crippen LogP contribution in [-0.2, 0) is 6.54 Å². The Morgan fingerprint density at radius 3 is 2.86 bits per heavy atom.